The first kappa shape index (κ1) is 20.7. The molecule has 1 aromatic heterocycles. The predicted molar refractivity (Wildman–Crippen MR) is 107 cm³/mol. The molecule has 144 valence electrons. The number of rotatable bonds is 11. The summed E-state index contributed by atoms with van der Waals surface area (Å²) in [4.78, 5) is 11.4. The van der Waals surface area contributed by atoms with E-state index in [0.717, 1.165) is 35.5 Å². The second kappa shape index (κ2) is 9.35. The normalized spacial score (nSPS) is 13.2. The molecule has 6 heteroatoms. The summed E-state index contributed by atoms with van der Waals surface area (Å²) in [5.74, 6) is -0.910. The average Bonchev–Trinajstić information content (AvgIpc) is 2.96. The molecule has 2 aromatic rings. The lowest BCUT2D eigenvalue weighted by Crippen LogP contribution is -2.26. The molecule has 0 aliphatic carbocycles. The third-order valence-electron chi connectivity index (χ3n) is 4.28. The number of aliphatic carboxylic acids is 1. The zero-order valence-electron chi connectivity index (χ0n) is 16.3. The first-order chi connectivity index (χ1) is 12.3. The molecule has 0 amide bonds. The van der Waals surface area contributed by atoms with Crippen molar-refractivity contribution >= 4 is 24.9 Å². The fourth-order valence-electron chi connectivity index (χ4n) is 2.72. The predicted octanol–water partition coefficient (Wildman–Crippen LogP) is 4.38. The van der Waals surface area contributed by atoms with Gasteiger partial charge in [-0.25, -0.2) is 4.79 Å². The highest BCUT2D eigenvalue weighted by molar-refractivity contribution is 6.76. The van der Waals surface area contributed by atoms with E-state index in [4.69, 9.17) is 9.47 Å². The van der Waals surface area contributed by atoms with Gasteiger partial charge < -0.3 is 19.1 Å². The summed E-state index contributed by atoms with van der Waals surface area (Å²) in [6.07, 6.45) is 2.41. The van der Waals surface area contributed by atoms with E-state index in [1.54, 1.807) is 0 Å². The van der Waals surface area contributed by atoms with Gasteiger partial charge in [0.25, 0.3) is 0 Å². The van der Waals surface area contributed by atoms with Crippen molar-refractivity contribution in [1.29, 1.82) is 0 Å². The summed E-state index contributed by atoms with van der Waals surface area (Å²) >= 11 is 0. The molecule has 0 radical (unpaired) electrons. The summed E-state index contributed by atoms with van der Waals surface area (Å²) in [6.45, 7) is 10.8. The van der Waals surface area contributed by atoms with E-state index < -0.39 is 20.1 Å². The Balaban J connectivity index is 2.00. The summed E-state index contributed by atoms with van der Waals surface area (Å²) in [5.41, 5.74) is 2.07. The number of benzene rings is 1. The van der Waals surface area contributed by atoms with Crippen molar-refractivity contribution in [1.82, 2.24) is 4.57 Å². The first-order valence-electron chi connectivity index (χ1n) is 9.30. The fourth-order valence-corrected chi connectivity index (χ4v) is 3.48. The molecule has 1 atom stereocenters. The first-order valence-corrected chi connectivity index (χ1v) is 13.0. The Labute approximate surface area is 156 Å². The number of nitrogens with zero attached hydrogens (tertiary/aromatic N) is 1. The van der Waals surface area contributed by atoms with E-state index in [1.807, 2.05) is 37.4 Å². The summed E-state index contributed by atoms with van der Waals surface area (Å²) in [5, 5.41) is 10.4. The van der Waals surface area contributed by atoms with Gasteiger partial charge in [-0.05, 0) is 41.6 Å². The van der Waals surface area contributed by atoms with Crippen LogP contribution in [0.5, 0.6) is 0 Å². The van der Waals surface area contributed by atoms with E-state index >= 15 is 0 Å². The minimum absolute atomic E-state index is 0.378. The van der Waals surface area contributed by atoms with Gasteiger partial charge in [-0.1, -0.05) is 32.6 Å². The minimum Gasteiger partial charge on any atom is -0.479 e. The van der Waals surface area contributed by atoms with Crippen molar-refractivity contribution in [2.24, 2.45) is 0 Å². The Bertz CT molecular complexity index is 720. The molecular weight excluding hydrogens is 346 g/mol. The van der Waals surface area contributed by atoms with Crippen LogP contribution in [0.3, 0.4) is 0 Å². The Kier molecular flexibility index (Phi) is 7.43. The monoisotopic (exact) mass is 377 g/mol. The second-order valence-corrected chi connectivity index (χ2v) is 13.5. The van der Waals surface area contributed by atoms with Crippen molar-refractivity contribution in [2.45, 2.75) is 58.3 Å². The SMILES string of the molecule is CCCOC(Cc1ccc2c(ccn2COCC[Si](C)(C)C)c1)C(=O)O. The molecular formula is C20H31NO4Si. The van der Waals surface area contributed by atoms with Crippen LogP contribution in [0.2, 0.25) is 25.7 Å². The average molecular weight is 378 g/mol. The molecule has 0 bridgehead atoms. The van der Waals surface area contributed by atoms with Crippen LogP contribution in [-0.4, -0.2) is 43.0 Å². The van der Waals surface area contributed by atoms with E-state index in [-0.39, 0.29) is 0 Å². The summed E-state index contributed by atoms with van der Waals surface area (Å²) in [6, 6.07) is 9.25. The van der Waals surface area contributed by atoms with Gasteiger partial charge in [-0.3, -0.25) is 0 Å². The van der Waals surface area contributed by atoms with Crippen LogP contribution in [0.15, 0.2) is 30.5 Å². The van der Waals surface area contributed by atoms with Gasteiger partial charge in [0.2, 0.25) is 0 Å². The molecule has 1 aromatic carbocycles. The Morgan fingerprint density at radius 2 is 2.00 bits per heavy atom. The minimum atomic E-state index is -1.07. The lowest BCUT2D eigenvalue weighted by atomic mass is 10.1. The van der Waals surface area contributed by atoms with Gasteiger partial charge in [0.1, 0.15) is 6.73 Å². The van der Waals surface area contributed by atoms with Crippen molar-refractivity contribution in [2.75, 3.05) is 13.2 Å². The molecule has 1 heterocycles. The molecule has 0 aliphatic rings. The number of aromatic nitrogens is 1. The van der Waals surface area contributed by atoms with Crippen molar-refractivity contribution in [3.05, 3.63) is 36.0 Å². The molecule has 0 saturated heterocycles. The highest BCUT2D eigenvalue weighted by Crippen LogP contribution is 2.20. The number of carbonyl (C=O) groups is 1. The van der Waals surface area contributed by atoms with Gasteiger partial charge in [0.05, 0.1) is 0 Å². The maximum absolute atomic E-state index is 11.4. The largest absolute Gasteiger partial charge is 0.479 e. The zero-order valence-corrected chi connectivity index (χ0v) is 17.3. The molecule has 2 rings (SSSR count). The second-order valence-electron chi connectivity index (χ2n) is 7.93. The molecule has 1 unspecified atom stereocenters. The van der Waals surface area contributed by atoms with Gasteiger partial charge in [-0.15, -0.1) is 0 Å². The van der Waals surface area contributed by atoms with E-state index in [2.05, 4.69) is 24.2 Å². The lowest BCUT2D eigenvalue weighted by molar-refractivity contribution is -0.150. The molecule has 0 aliphatic heterocycles. The molecule has 1 N–H and O–H groups in total. The number of carboxylic acid groups (broad SMARTS) is 1. The van der Waals surface area contributed by atoms with Gasteiger partial charge in [0, 0.05) is 39.4 Å². The van der Waals surface area contributed by atoms with Crippen molar-refractivity contribution in [3.63, 3.8) is 0 Å². The number of fused-ring (bicyclic) bond motifs is 1. The third-order valence-corrected chi connectivity index (χ3v) is 5.99. The van der Waals surface area contributed by atoms with Crippen LogP contribution < -0.4 is 0 Å². The Hall–Kier alpha value is -1.63. The van der Waals surface area contributed by atoms with Crippen molar-refractivity contribution < 1.29 is 19.4 Å². The molecule has 5 nitrogen and oxygen atoms in total. The third kappa shape index (κ3) is 6.27. The molecule has 26 heavy (non-hydrogen) atoms. The Morgan fingerprint density at radius 3 is 2.65 bits per heavy atom. The van der Waals surface area contributed by atoms with Crippen molar-refractivity contribution in [3.8, 4) is 0 Å². The highest BCUT2D eigenvalue weighted by atomic mass is 28.3. The number of carboxylic acids is 1. The smallest absolute Gasteiger partial charge is 0.333 e. The van der Waals surface area contributed by atoms with Crippen LogP contribution in [-0.2, 0) is 27.4 Å². The van der Waals surface area contributed by atoms with Gasteiger partial charge in [-0.2, -0.15) is 0 Å². The lowest BCUT2D eigenvalue weighted by Gasteiger charge is -2.16. The van der Waals surface area contributed by atoms with Crippen LogP contribution in [0.4, 0.5) is 0 Å². The molecule has 0 saturated carbocycles. The fraction of sp³-hybridized carbons (Fsp3) is 0.550. The number of hydrogen-bond donors (Lipinski definition) is 1. The summed E-state index contributed by atoms with van der Waals surface area (Å²) in [7, 11) is -1.07. The topological polar surface area (TPSA) is 60.7 Å². The van der Waals surface area contributed by atoms with E-state index in [9.17, 15) is 9.90 Å². The maximum atomic E-state index is 11.4. The van der Waals surface area contributed by atoms with E-state index in [0.29, 0.717) is 19.8 Å². The standard InChI is InChI=1S/C20H31NO4Si/c1-5-10-25-19(20(22)23)14-16-6-7-18-17(13-16)8-9-21(18)15-24-11-12-26(2,3)4/h6-9,13,19H,5,10-12,14-15H2,1-4H3,(H,22,23). The van der Waals surface area contributed by atoms with E-state index in [1.165, 1.54) is 0 Å². The van der Waals surface area contributed by atoms with Crippen LogP contribution >= 0.6 is 0 Å². The zero-order chi connectivity index (χ0) is 19.2. The Morgan fingerprint density at radius 1 is 1.23 bits per heavy atom. The van der Waals surface area contributed by atoms with Crippen LogP contribution in [0, 0.1) is 0 Å². The van der Waals surface area contributed by atoms with Gasteiger partial charge in [0.15, 0.2) is 6.10 Å². The molecule has 0 spiro atoms. The quantitative estimate of drug-likeness (QED) is 0.466. The number of hydrogen-bond acceptors (Lipinski definition) is 3. The highest BCUT2D eigenvalue weighted by Gasteiger charge is 2.18. The van der Waals surface area contributed by atoms with Crippen LogP contribution in [0.1, 0.15) is 18.9 Å². The van der Waals surface area contributed by atoms with Gasteiger partial charge >= 0.3 is 5.97 Å². The number of ether oxygens (including phenoxy) is 2. The maximum Gasteiger partial charge on any atom is 0.333 e. The summed E-state index contributed by atoms with van der Waals surface area (Å²) < 4.78 is 13.4. The van der Waals surface area contributed by atoms with Crippen LogP contribution in [0.25, 0.3) is 10.9 Å². The molecule has 0 fully saturated rings.